The predicted octanol–water partition coefficient (Wildman–Crippen LogP) is 2.17. The maximum atomic E-state index is 12.5. The lowest BCUT2D eigenvalue weighted by atomic mass is 9.95. The van der Waals surface area contributed by atoms with E-state index < -0.39 is 15.6 Å². The molecular weight excluding hydrogens is 330 g/mol. The molecule has 7 heteroatoms. The van der Waals surface area contributed by atoms with Gasteiger partial charge in [0, 0.05) is 6.54 Å². The fourth-order valence-electron chi connectivity index (χ4n) is 2.82. The van der Waals surface area contributed by atoms with Crippen molar-refractivity contribution in [3.8, 4) is 5.75 Å². The number of hydrogen-bond donors (Lipinski definition) is 2. The minimum atomic E-state index is -3.74. The molecule has 1 fully saturated rings. The number of hydrogen-bond acceptors (Lipinski definition) is 5. The monoisotopic (exact) mass is 351 g/mol. The molecule has 1 aliphatic carbocycles. The number of rotatable bonds is 7. The number of ether oxygens (including phenoxy) is 1. The molecule has 1 aliphatic rings. The van der Waals surface area contributed by atoms with Crippen LogP contribution in [0.3, 0.4) is 0 Å². The molecule has 0 radical (unpaired) electrons. The highest BCUT2D eigenvalue weighted by Gasteiger charge is 2.47. The Hall–Kier alpha value is -1.83. The number of furan rings is 1. The van der Waals surface area contributed by atoms with Gasteiger partial charge in [-0.1, -0.05) is 0 Å². The van der Waals surface area contributed by atoms with Crippen molar-refractivity contribution in [2.75, 3.05) is 13.7 Å². The Bertz CT molecular complexity index is 812. The molecule has 1 aromatic heterocycles. The summed E-state index contributed by atoms with van der Waals surface area (Å²) in [6.07, 6.45) is 3.17. The molecule has 1 aromatic carbocycles. The van der Waals surface area contributed by atoms with Crippen LogP contribution in [0.25, 0.3) is 0 Å². The highest BCUT2D eigenvalue weighted by atomic mass is 32.2. The Kier molecular flexibility index (Phi) is 4.42. The maximum absolute atomic E-state index is 12.5. The third-order valence-electron chi connectivity index (χ3n) is 4.41. The van der Waals surface area contributed by atoms with Crippen molar-refractivity contribution in [3.63, 3.8) is 0 Å². The van der Waals surface area contributed by atoms with E-state index in [0.29, 0.717) is 11.5 Å². The second-order valence-electron chi connectivity index (χ2n) is 6.13. The molecule has 0 spiro atoms. The second kappa shape index (κ2) is 6.23. The van der Waals surface area contributed by atoms with Gasteiger partial charge in [-0.05, 0) is 61.6 Å². The number of sulfonamides is 1. The maximum Gasteiger partial charge on any atom is 0.240 e. The van der Waals surface area contributed by atoms with Gasteiger partial charge in [-0.2, -0.15) is 0 Å². The van der Waals surface area contributed by atoms with Crippen molar-refractivity contribution in [2.45, 2.75) is 30.3 Å². The third kappa shape index (κ3) is 3.19. The normalized spacial score (nSPS) is 17.5. The number of aryl methyl sites for hydroxylation is 1. The molecule has 0 aliphatic heterocycles. The summed E-state index contributed by atoms with van der Waals surface area (Å²) in [5.74, 6) is 1.02. The van der Waals surface area contributed by atoms with Crippen LogP contribution in [-0.4, -0.2) is 27.2 Å². The van der Waals surface area contributed by atoms with Gasteiger partial charge >= 0.3 is 0 Å². The van der Waals surface area contributed by atoms with Crippen molar-refractivity contribution in [1.82, 2.24) is 4.72 Å². The number of benzene rings is 1. The van der Waals surface area contributed by atoms with Crippen LogP contribution in [0.4, 0.5) is 0 Å². The largest absolute Gasteiger partial charge is 0.496 e. The molecule has 0 bridgehead atoms. The van der Waals surface area contributed by atoms with E-state index in [4.69, 9.17) is 9.15 Å². The van der Waals surface area contributed by atoms with E-state index in [1.807, 2.05) is 0 Å². The summed E-state index contributed by atoms with van der Waals surface area (Å²) in [5.41, 5.74) is -0.596. The number of aliphatic hydroxyl groups is 1. The Labute approximate surface area is 141 Å². The summed E-state index contributed by atoms with van der Waals surface area (Å²) < 4.78 is 38.1. The van der Waals surface area contributed by atoms with Crippen LogP contribution in [0.15, 0.2) is 45.9 Å². The van der Waals surface area contributed by atoms with E-state index in [2.05, 4.69) is 4.72 Å². The lowest BCUT2D eigenvalue weighted by Gasteiger charge is -2.26. The highest BCUT2D eigenvalue weighted by Crippen LogP contribution is 2.45. The fraction of sp³-hybridized carbons (Fsp3) is 0.412. The molecule has 1 heterocycles. The van der Waals surface area contributed by atoms with Gasteiger partial charge < -0.3 is 14.3 Å². The quantitative estimate of drug-likeness (QED) is 0.798. The Morgan fingerprint density at radius 3 is 2.67 bits per heavy atom. The molecule has 2 N–H and O–H groups in total. The minimum Gasteiger partial charge on any atom is -0.496 e. The summed E-state index contributed by atoms with van der Waals surface area (Å²) in [4.78, 5) is 0.137. The van der Waals surface area contributed by atoms with Gasteiger partial charge in [0.05, 0.1) is 18.3 Å². The van der Waals surface area contributed by atoms with Gasteiger partial charge in [0.15, 0.2) is 0 Å². The topological polar surface area (TPSA) is 88.8 Å². The first-order chi connectivity index (χ1) is 11.4. The summed E-state index contributed by atoms with van der Waals surface area (Å²) in [7, 11) is -2.21. The number of nitrogens with one attached hydrogen (secondary N) is 1. The molecule has 3 rings (SSSR count). The van der Waals surface area contributed by atoms with E-state index >= 15 is 0 Å². The van der Waals surface area contributed by atoms with Crippen molar-refractivity contribution >= 4 is 10.0 Å². The minimum absolute atomic E-state index is 0.00366. The van der Waals surface area contributed by atoms with E-state index in [0.717, 1.165) is 18.4 Å². The van der Waals surface area contributed by atoms with Crippen molar-refractivity contribution < 1.29 is 22.7 Å². The van der Waals surface area contributed by atoms with Crippen LogP contribution in [0, 0.1) is 12.8 Å². The smallest absolute Gasteiger partial charge is 0.240 e. The first-order valence-electron chi connectivity index (χ1n) is 7.77. The SMILES string of the molecule is COc1ccc(S(=O)(=O)NCC(O)(c2ccco2)C2CC2)cc1C. The lowest BCUT2D eigenvalue weighted by molar-refractivity contribution is -0.00224. The summed E-state index contributed by atoms with van der Waals surface area (Å²) in [5, 5.41) is 10.9. The molecule has 1 unspecified atom stereocenters. The standard InChI is InChI=1S/C17H21NO5S/c1-12-10-14(7-8-15(12)22-2)24(20,21)18-11-17(19,13-5-6-13)16-4-3-9-23-16/h3-4,7-10,13,18-19H,5-6,11H2,1-2H3. The van der Waals surface area contributed by atoms with Crippen molar-refractivity contribution in [3.05, 3.63) is 47.9 Å². The molecular formula is C17H21NO5S. The second-order valence-corrected chi connectivity index (χ2v) is 7.90. The van der Waals surface area contributed by atoms with E-state index in [-0.39, 0.29) is 17.4 Å². The van der Waals surface area contributed by atoms with Crippen molar-refractivity contribution in [2.24, 2.45) is 5.92 Å². The Morgan fingerprint density at radius 2 is 2.12 bits per heavy atom. The van der Waals surface area contributed by atoms with Gasteiger partial charge in [-0.3, -0.25) is 0 Å². The van der Waals surface area contributed by atoms with E-state index in [1.165, 1.54) is 19.4 Å². The molecule has 0 amide bonds. The first-order valence-corrected chi connectivity index (χ1v) is 9.26. The van der Waals surface area contributed by atoms with Crippen LogP contribution >= 0.6 is 0 Å². The zero-order chi connectivity index (χ0) is 17.4. The molecule has 24 heavy (non-hydrogen) atoms. The van der Waals surface area contributed by atoms with Crippen LogP contribution in [0.2, 0.25) is 0 Å². The van der Waals surface area contributed by atoms with Gasteiger partial charge in [0.1, 0.15) is 17.1 Å². The molecule has 2 aromatic rings. The molecule has 0 saturated heterocycles. The first kappa shape index (κ1) is 17.0. The van der Waals surface area contributed by atoms with E-state index in [9.17, 15) is 13.5 Å². The Balaban J connectivity index is 1.80. The molecule has 1 atom stereocenters. The lowest BCUT2D eigenvalue weighted by Crippen LogP contribution is -2.42. The van der Waals surface area contributed by atoms with Gasteiger partial charge in [-0.25, -0.2) is 13.1 Å². The molecule has 130 valence electrons. The average molecular weight is 351 g/mol. The highest BCUT2D eigenvalue weighted by molar-refractivity contribution is 7.89. The number of methoxy groups -OCH3 is 1. The van der Waals surface area contributed by atoms with Gasteiger partial charge in [-0.15, -0.1) is 0 Å². The van der Waals surface area contributed by atoms with Gasteiger partial charge in [0.2, 0.25) is 10.0 Å². The summed E-state index contributed by atoms with van der Waals surface area (Å²) in [6, 6.07) is 8.00. The molecule has 1 saturated carbocycles. The fourth-order valence-corrected chi connectivity index (χ4v) is 3.98. The summed E-state index contributed by atoms with van der Waals surface area (Å²) in [6.45, 7) is 1.65. The Morgan fingerprint density at radius 1 is 1.38 bits per heavy atom. The van der Waals surface area contributed by atoms with Gasteiger partial charge in [0.25, 0.3) is 0 Å². The average Bonchev–Trinajstić information content (AvgIpc) is 3.27. The van der Waals surface area contributed by atoms with E-state index in [1.54, 1.807) is 31.2 Å². The van der Waals surface area contributed by atoms with Crippen LogP contribution in [0.1, 0.15) is 24.2 Å². The van der Waals surface area contributed by atoms with Crippen LogP contribution < -0.4 is 9.46 Å². The predicted molar refractivity (Wildman–Crippen MR) is 88.2 cm³/mol. The zero-order valence-electron chi connectivity index (χ0n) is 13.7. The van der Waals surface area contributed by atoms with Crippen LogP contribution in [-0.2, 0) is 15.6 Å². The third-order valence-corrected chi connectivity index (χ3v) is 5.81. The molecule has 6 nitrogen and oxygen atoms in total. The zero-order valence-corrected chi connectivity index (χ0v) is 14.5. The van der Waals surface area contributed by atoms with Crippen LogP contribution in [0.5, 0.6) is 5.75 Å². The summed E-state index contributed by atoms with van der Waals surface area (Å²) >= 11 is 0. The van der Waals surface area contributed by atoms with Crippen molar-refractivity contribution in [1.29, 1.82) is 0 Å².